The number of hydrogen-bond acceptors (Lipinski definition) is 6. The molecule has 0 unspecified atom stereocenters. The van der Waals surface area contributed by atoms with E-state index in [0.717, 1.165) is 50.7 Å². The first-order valence-electron chi connectivity index (χ1n) is 8.82. The maximum atomic E-state index is 4.53. The molecule has 0 atom stereocenters. The Hall–Kier alpha value is -2.06. The molecule has 0 spiro atoms. The Kier molecular flexibility index (Phi) is 4.89. The predicted molar refractivity (Wildman–Crippen MR) is 96.4 cm³/mol. The van der Waals surface area contributed by atoms with Crippen LogP contribution in [0.5, 0.6) is 0 Å². The minimum absolute atomic E-state index is 0.491. The zero-order valence-electron chi connectivity index (χ0n) is 14.5. The van der Waals surface area contributed by atoms with Crippen LogP contribution >= 0.6 is 11.3 Å². The summed E-state index contributed by atoms with van der Waals surface area (Å²) < 4.78 is 4.17. The van der Waals surface area contributed by atoms with Crippen molar-refractivity contribution in [2.75, 3.05) is 13.1 Å². The van der Waals surface area contributed by atoms with Gasteiger partial charge in [-0.1, -0.05) is 0 Å². The van der Waals surface area contributed by atoms with Crippen LogP contribution in [-0.2, 0) is 19.6 Å². The topological polar surface area (TPSA) is 64.7 Å². The second-order valence-corrected chi connectivity index (χ2v) is 7.17. The van der Waals surface area contributed by atoms with Crippen LogP contribution in [0.2, 0.25) is 0 Å². The summed E-state index contributed by atoms with van der Waals surface area (Å²) in [7, 11) is 0. The SMILES string of the molecule is CCn1c(Cn2cccn2)nnc1C1CCN(Cc2cscn2)CC1. The zero-order chi connectivity index (χ0) is 17.1. The number of thiazole rings is 1. The number of nitrogens with zero attached hydrogens (tertiary/aromatic N) is 7. The lowest BCUT2D eigenvalue weighted by Gasteiger charge is -2.31. The molecule has 0 saturated carbocycles. The van der Waals surface area contributed by atoms with E-state index in [1.807, 2.05) is 22.5 Å². The van der Waals surface area contributed by atoms with Crippen molar-refractivity contribution in [1.82, 2.24) is 34.4 Å². The zero-order valence-corrected chi connectivity index (χ0v) is 15.3. The molecule has 4 rings (SSSR count). The van der Waals surface area contributed by atoms with Gasteiger partial charge < -0.3 is 4.57 Å². The van der Waals surface area contributed by atoms with Gasteiger partial charge in [-0.25, -0.2) is 4.98 Å². The summed E-state index contributed by atoms with van der Waals surface area (Å²) in [5, 5.41) is 15.4. The molecule has 25 heavy (non-hydrogen) atoms. The van der Waals surface area contributed by atoms with Crippen molar-refractivity contribution < 1.29 is 0 Å². The fraction of sp³-hybridized carbons (Fsp3) is 0.529. The Morgan fingerprint density at radius 1 is 1.20 bits per heavy atom. The average Bonchev–Trinajstić information content (AvgIpc) is 3.38. The van der Waals surface area contributed by atoms with Gasteiger partial charge in [-0.3, -0.25) is 9.58 Å². The van der Waals surface area contributed by atoms with Gasteiger partial charge in [0.2, 0.25) is 0 Å². The number of piperidine rings is 1. The average molecular weight is 357 g/mol. The third-order valence-electron chi connectivity index (χ3n) is 4.86. The Morgan fingerprint density at radius 2 is 2.08 bits per heavy atom. The van der Waals surface area contributed by atoms with E-state index in [9.17, 15) is 0 Å². The lowest BCUT2D eigenvalue weighted by atomic mass is 9.95. The van der Waals surface area contributed by atoms with Gasteiger partial charge in [0.15, 0.2) is 5.82 Å². The Balaban J connectivity index is 1.41. The van der Waals surface area contributed by atoms with Crippen LogP contribution in [0, 0.1) is 0 Å². The fourth-order valence-corrected chi connectivity index (χ4v) is 4.10. The number of rotatable bonds is 6. The highest BCUT2D eigenvalue weighted by Gasteiger charge is 2.26. The molecular weight excluding hydrogens is 334 g/mol. The van der Waals surface area contributed by atoms with E-state index in [4.69, 9.17) is 0 Å². The van der Waals surface area contributed by atoms with Crippen LogP contribution in [0.1, 0.15) is 43.0 Å². The van der Waals surface area contributed by atoms with Crippen molar-refractivity contribution in [3.63, 3.8) is 0 Å². The highest BCUT2D eigenvalue weighted by Crippen LogP contribution is 2.28. The molecule has 0 amide bonds. The quantitative estimate of drug-likeness (QED) is 0.678. The van der Waals surface area contributed by atoms with Crippen LogP contribution in [0.25, 0.3) is 0 Å². The van der Waals surface area contributed by atoms with Crippen molar-refractivity contribution >= 4 is 11.3 Å². The smallest absolute Gasteiger partial charge is 0.154 e. The van der Waals surface area contributed by atoms with Gasteiger partial charge in [-0.2, -0.15) is 5.10 Å². The van der Waals surface area contributed by atoms with Crippen molar-refractivity contribution in [2.24, 2.45) is 0 Å². The molecule has 7 nitrogen and oxygen atoms in total. The molecule has 1 saturated heterocycles. The molecule has 8 heteroatoms. The molecular formula is C17H23N7S. The third-order valence-corrected chi connectivity index (χ3v) is 5.49. The van der Waals surface area contributed by atoms with E-state index in [2.05, 4.69) is 42.1 Å². The molecule has 0 aliphatic carbocycles. The summed E-state index contributed by atoms with van der Waals surface area (Å²) in [6.07, 6.45) is 6.02. The maximum absolute atomic E-state index is 4.53. The molecule has 1 fully saturated rings. The second-order valence-electron chi connectivity index (χ2n) is 6.45. The van der Waals surface area contributed by atoms with Crippen molar-refractivity contribution in [2.45, 2.75) is 45.3 Å². The molecule has 132 valence electrons. The van der Waals surface area contributed by atoms with Gasteiger partial charge in [0.25, 0.3) is 0 Å². The first-order chi connectivity index (χ1) is 12.3. The van der Waals surface area contributed by atoms with E-state index in [0.29, 0.717) is 12.5 Å². The summed E-state index contributed by atoms with van der Waals surface area (Å²) in [4.78, 5) is 6.88. The Bertz CT molecular complexity index is 770. The van der Waals surface area contributed by atoms with Crippen molar-refractivity contribution in [3.05, 3.63) is 46.7 Å². The van der Waals surface area contributed by atoms with E-state index in [1.165, 1.54) is 5.69 Å². The van der Waals surface area contributed by atoms with Crippen LogP contribution < -0.4 is 0 Å². The van der Waals surface area contributed by atoms with E-state index in [1.54, 1.807) is 17.5 Å². The lowest BCUT2D eigenvalue weighted by molar-refractivity contribution is 0.198. The summed E-state index contributed by atoms with van der Waals surface area (Å²) in [6.45, 7) is 6.88. The standard InChI is InChI=1S/C17H23N7S/c1-2-24-16(11-23-7-3-6-19-23)20-21-17(24)14-4-8-22(9-5-14)10-15-12-25-13-18-15/h3,6-7,12-14H,2,4-5,8-11H2,1H3. The molecule has 0 radical (unpaired) electrons. The van der Waals surface area contributed by atoms with E-state index >= 15 is 0 Å². The van der Waals surface area contributed by atoms with E-state index in [-0.39, 0.29) is 0 Å². The summed E-state index contributed by atoms with van der Waals surface area (Å²) in [5.74, 6) is 2.62. The van der Waals surface area contributed by atoms with Gasteiger partial charge in [0.05, 0.1) is 11.2 Å². The molecule has 3 aromatic rings. The monoisotopic (exact) mass is 357 g/mol. The normalized spacial score (nSPS) is 16.5. The summed E-state index contributed by atoms with van der Waals surface area (Å²) in [6, 6.07) is 1.94. The third kappa shape index (κ3) is 3.64. The predicted octanol–water partition coefficient (Wildman–Crippen LogP) is 2.38. The molecule has 0 N–H and O–H groups in total. The molecule has 1 aliphatic heterocycles. The minimum atomic E-state index is 0.491. The van der Waals surface area contributed by atoms with Gasteiger partial charge in [-0.15, -0.1) is 21.5 Å². The molecule has 3 aromatic heterocycles. The van der Waals surface area contributed by atoms with Crippen molar-refractivity contribution in [3.8, 4) is 0 Å². The molecule has 1 aliphatic rings. The second kappa shape index (κ2) is 7.45. The summed E-state index contributed by atoms with van der Waals surface area (Å²) >= 11 is 1.67. The lowest BCUT2D eigenvalue weighted by Crippen LogP contribution is -2.33. The van der Waals surface area contributed by atoms with Gasteiger partial charge >= 0.3 is 0 Å². The molecule has 0 bridgehead atoms. The Labute approximate surface area is 151 Å². The first kappa shape index (κ1) is 16.4. The number of hydrogen-bond donors (Lipinski definition) is 0. The van der Waals surface area contributed by atoms with Crippen molar-refractivity contribution in [1.29, 1.82) is 0 Å². The van der Waals surface area contributed by atoms with Gasteiger partial charge in [0, 0.05) is 36.8 Å². The Morgan fingerprint density at radius 3 is 2.76 bits per heavy atom. The van der Waals surface area contributed by atoms with Crippen LogP contribution in [0.3, 0.4) is 0 Å². The largest absolute Gasteiger partial charge is 0.313 e. The first-order valence-corrected chi connectivity index (χ1v) is 9.76. The summed E-state index contributed by atoms with van der Waals surface area (Å²) in [5.41, 5.74) is 3.09. The molecule has 4 heterocycles. The minimum Gasteiger partial charge on any atom is -0.313 e. The van der Waals surface area contributed by atoms with Crippen LogP contribution in [-0.4, -0.2) is 47.5 Å². The van der Waals surface area contributed by atoms with E-state index < -0.39 is 0 Å². The highest BCUT2D eigenvalue weighted by atomic mass is 32.1. The maximum Gasteiger partial charge on any atom is 0.154 e. The highest BCUT2D eigenvalue weighted by molar-refractivity contribution is 7.07. The van der Waals surface area contributed by atoms with Gasteiger partial charge in [-0.05, 0) is 38.9 Å². The number of likely N-dealkylation sites (tertiary alicyclic amines) is 1. The molecule has 0 aromatic carbocycles. The van der Waals surface area contributed by atoms with Crippen LogP contribution in [0.4, 0.5) is 0 Å². The fourth-order valence-electron chi connectivity index (χ4n) is 3.55. The van der Waals surface area contributed by atoms with Gasteiger partial charge in [0.1, 0.15) is 12.4 Å². The number of aromatic nitrogens is 6. The van der Waals surface area contributed by atoms with Crippen LogP contribution in [0.15, 0.2) is 29.4 Å².